The predicted octanol–water partition coefficient (Wildman–Crippen LogP) is 4.47. The van der Waals surface area contributed by atoms with Gasteiger partial charge in [-0.2, -0.15) is 0 Å². The number of methoxy groups -OCH3 is 1. The number of amides is 2. The van der Waals surface area contributed by atoms with E-state index in [1.165, 1.54) is 11.3 Å². The molecule has 0 aliphatic rings. The summed E-state index contributed by atoms with van der Waals surface area (Å²) in [7, 11) is 1.74. The number of carbonyl (C=O) groups excluding carboxylic acids is 2. The van der Waals surface area contributed by atoms with Crippen molar-refractivity contribution < 1.29 is 19.4 Å². The molecule has 0 aliphatic heterocycles. The van der Waals surface area contributed by atoms with Gasteiger partial charge in [0.2, 0.25) is 11.8 Å². The number of nitrogens with zero attached hydrogens (tertiary/aromatic N) is 1. The van der Waals surface area contributed by atoms with Gasteiger partial charge in [0, 0.05) is 18.2 Å². The first kappa shape index (κ1) is 27.5. The van der Waals surface area contributed by atoms with Crippen LogP contribution < -0.4 is 10.6 Å². The number of aromatic nitrogens is 1. The van der Waals surface area contributed by atoms with Crippen molar-refractivity contribution in [1.82, 2.24) is 10.3 Å². The minimum atomic E-state index is -1.19. The number of thiazole rings is 1. The summed E-state index contributed by atoms with van der Waals surface area (Å²) in [5.74, 6) is -0.510. The van der Waals surface area contributed by atoms with E-state index in [1.807, 2.05) is 13.1 Å². The largest absolute Gasteiger partial charge is 0.383 e. The van der Waals surface area contributed by atoms with E-state index < -0.39 is 23.5 Å². The lowest BCUT2D eigenvalue weighted by Crippen LogP contribution is -2.50. The number of aliphatic hydroxyl groups excluding tert-OH is 1. The molecule has 0 aliphatic carbocycles. The van der Waals surface area contributed by atoms with Crippen LogP contribution in [0.3, 0.4) is 0 Å². The van der Waals surface area contributed by atoms with Crippen molar-refractivity contribution in [3.63, 3.8) is 0 Å². The Labute approximate surface area is 191 Å². The summed E-state index contributed by atoms with van der Waals surface area (Å²) in [6.45, 7) is 13.6. The number of aliphatic hydroxyl groups is 1. The molecule has 0 saturated carbocycles. The molecule has 3 atom stereocenters. The second-order valence-corrected chi connectivity index (χ2v) is 11.0. The number of nitrogens with one attached hydrogen (secondary N) is 2. The highest BCUT2D eigenvalue weighted by molar-refractivity contribution is 7.15. The first-order valence-electron chi connectivity index (χ1n) is 11.1. The molecule has 178 valence electrons. The van der Waals surface area contributed by atoms with Gasteiger partial charge in [0.1, 0.15) is 12.1 Å². The topological polar surface area (TPSA) is 101 Å². The average Bonchev–Trinajstić information content (AvgIpc) is 3.14. The molecule has 7 nitrogen and oxygen atoms in total. The highest BCUT2D eigenvalue weighted by Crippen LogP contribution is 2.30. The smallest absolute Gasteiger partial charge is 0.250 e. The molecule has 3 N–H and O–H groups in total. The molecule has 8 heteroatoms. The summed E-state index contributed by atoms with van der Waals surface area (Å²) in [5, 5.41) is 16.2. The Hall–Kier alpha value is -1.51. The third-order valence-electron chi connectivity index (χ3n) is 5.49. The Morgan fingerprint density at radius 1 is 1.19 bits per heavy atom. The lowest BCUT2D eigenvalue weighted by atomic mass is 9.88. The molecule has 0 fully saturated rings. The second kappa shape index (κ2) is 11.9. The summed E-state index contributed by atoms with van der Waals surface area (Å²) >= 11 is 1.46. The Morgan fingerprint density at radius 3 is 2.39 bits per heavy atom. The van der Waals surface area contributed by atoms with E-state index in [4.69, 9.17) is 4.74 Å². The molecule has 2 amide bonds. The molecule has 1 aromatic heterocycles. The van der Waals surface area contributed by atoms with Crippen LogP contribution in [0.1, 0.15) is 91.4 Å². The van der Waals surface area contributed by atoms with Gasteiger partial charge in [-0.15, -0.1) is 11.3 Å². The third kappa shape index (κ3) is 9.25. The summed E-state index contributed by atoms with van der Waals surface area (Å²) < 4.78 is 5.47. The maximum absolute atomic E-state index is 12.8. The van der Waals surface area contributed by atoms with Crippen LogP contribution in [0.25, 0.3) is 0 Å². The van der Waals surface area contributed by atoms with Gasteiger partial charge in [-0.1, -0.05) is 41.0 Å². The fourth-order valence-corrected chi connectivity index (χ4v) is 3.95. The van der Waals surface area contributed by atoms with Crippen molar-refractivity contribution >= 4 is 28.3 Å². The van der Waals surface area contributed by atoms with Crippen LogP contribution >= 0.6 is 11.3 Å². The number of carbonyl (C=O) groups is 2. The van der Waals surface area contributed by atoms with Crippen LogP contribution in [0.4, 0.5) is 5.13 Å². The van der Waals surface area contributed by atoms with E-state index in [0.717, 1.165) is 30.6 Å². The van der Waals surface area contributed by atoms with Crippen molar-refractivity contribution in [3.8, 4) is 0 Å². The van der Waals surface area contributed by atoms with Crippen molar-refractivity contribution in [3.05, 3.63) is 11.1 Å². The minimum absolute atomic E-state index is 0.119. The Balaban J connectivity index is 2.68. The molecule has 0 spiro atoms. The summed E-state index contributed by atoms with van der Waals surface area (Å²) in [5.41, 5.74) is -0.720. The molecule has 1 heterocycles. The fraction of sp³-hybridized carbons (Fsp3) is 0.783. The average molecular weight is 456 g/mol. The highest BCUT2D eigenvalue weighted by atomic mass is 32.1. The first-order chi connectivity index (χ1) is 14.3. The second-order valence-electron chi connectivity index (χ2n) is 9.93. The molecule has 0 saturated heterocycles. The zero-order valence-electron chi connectivity index (χ0n) is 20.4. The monoisotopic (exact) mass is 455 g/mol. The first-order valence-corrected chi connectivity index (χ1v) is 11.9. The number of hydrogen-bond donors (Lipinski definition) is 3. The molecular weight excluding hydrogens is 414 g/mol. The van der Waals surface area contributed by atoms with Crippen LogP contribution in [0.5, 0.6) is 0 Å². The van der Waals surface area contributed by atoms with Gasteiger partial charge in [-0.25, -0.2) is 4.98 Å². The van der Waals surface area contributed by atoms with Crippen LogP contribution in [0.2, 0.25) is 0 Å². The van der Waals surface area contributed by atoms with E-state index in [9.17, 15) is 14.7 Å². The zero-order chi connectivity index (χ0) is 23.8. The van der Waals surface area contributed by atoms with Crippen LogP contribution in [0, 0.1) is 5.41 Å². The van der Waals surface area contributed by atoms with Gasteiger partial charge in [-0.3, -0.25) is 9.59 Å². The van der Waals surface area contributed by atoms with Crippen molar-refractivity contribution in [1.29, 1.82) is 0 Å². The van der Waals surface area contributed by atoms with Gasteiger partial charge in [0.25, 0.3) is 0 Å². The number of ether oxygens (including phenoxy) is 1. The van der Waals surface area contributed by atoms with E-state index in [-0.39, 0.29) is 11.5 Å². The van der Waals surface area contributed by atoms with Crippen LogP contribution in [-0.2, 0) is 14.3 Å². The molecule has 0 aromatic carbocycles. The molecule has 31 heavy (non-hydrogen) atoms. The Morgan fingerprint density at radius 2 is 1.84 bits per heavy atom. The van der Waals surface area contributed by atoms with Gasteiger partial charge in [0.05, 0.1) is 5.60 Å². The van der Waals surface area contributed by atoms with Gasteiger partial charge in [0.15, 0.2) is 5.13 Å². The highest BCUT2D eigenvalue weighted by Gasteiger charge is 2.32. The maximum atomic E-state index is 12.8. The molecule has 1 aromatic rings. The fourth-order valence-electron chi connectivity index (χ4n) is 3.04. The zero-order valence-corrected chi connectivity index (χ0v) is 21.2. The summed E-state index contributed by atoms with van der Waals surface area (Å²) in [6.07, 6.45) is 4.87. The van der Waals surface area contributed by atoms with Gasteiger partial charge < -0.3 is 20.5 Å². The molecular formula is C23H41N3O4S. The lowest BCUT2D eigenvalue weighted by Gasteiger charge is -2.26. The van der Waals surface area contributed by atoms with E-state index in [2.05, 4.69) is 36.4 Å². The van der Waals surface area contributed by atoms with Crippen molar-refractivity contribution in [2.75, 3.05) is 12.4 Å². The molecule has 0 bridgehead atoms. The Bertz CT molecular complexity index is 712. The summed E-state index contributed by atoms with van der Waals surface area (Å²) in [6, 6.07) is -0.712. The number of anilines is 1. The SMILES string of the molecule is CCC[C@H](NC(=O)[C@@H](O)C(C)(C)C)C(=O)Nc1ncc(C(C)CCCC(C)(C)OC)s1. The van der Waals surface area contributed by atoms with Gasteiger partial charge >= 0.3 is 0 Å². The molecule has 1 unspecified atom stereocenters. The molecule has 1 rings (SSSR count). The van der Waals surface area contributed by atoms with Crippen LogP contribution in [0.15, 0.2) is 6.20 Å². The van der Waals surface area contributed by atoms with Crippen molar-refractivity contribution in [2.45, 2.75) is 104 Å². The third-order valence-corrected chi connectivity index (χ3v) is 6.63. The van der Waals surface area contributed by atoms with E-state index in [0.29, 0.717) is 17.5 Å². The maximum Gasteiger partial charge on any atom is 0.250 e. The standard InChI is InChI=1S/C23H41N3O4S/c1-9-11-16(25-20(29)18(27)22(3,4)5)19(28)26-21-24-14-17(31-21)15(2)12-10-13-23(6,7)30-8/h14-16,18,27H,9-13H2,1-8H3,(H,25,29)(H,24,26,28)/t15?,16-,18+/m0/s1. The summed E-state index contributed by atoms with van der Waals surface area (Å²) in [4.78, 5) is 30.6. The van der Waals surface area contributed by atoms with Crippen LogP contribution in [-0.4, -0.2) is 46.8 Å². The lowest BCUT2D eigenvalue weighted by molar-refractivity contribution is -0.137. The Kier molecular flexibility index (Phi) is 10.6. The minimum Gasteiger partial charge on any atom is -0.383 e. The molecule has 0 radical (unpaired) electrons. The normalized spacial score (nSPS) is 15.3. The van der Waals surface area contributed by atoms with Gasteiger partial charge in [-0.05, 0) is 50.9 Å². The number of rotatable bonds is 12. The van der Waals surface area contributed by atoms with E-state index >= 15 is 0 Å². The number of hydrogen-bond acceptors (Lipinski definition) is 6. The predicted molar refractivity (Wildman–Crippen MR) is 126 cm³/mol. The van der Waals surface area contributed by atoms with Crippen molar-refractivity contribution in [2.24, 2.45) is 5.41 Å². The quantitative estimate of drug-likeness (QED) is 0.432. The van der Waals surface area contributed by atoms with E-state index in [1.54, 1.807) is 27.9 Å².